The third-order valence-corrected chi connectivity index (χ3v) is 2.88. The lowest BCUT2D eigenvalue weighted by Crippen LogP contribution is -2.34. The van der Waals surface area contributed by atoms with E-state index in [0.29, 0.717) is 0 Å². The summed E-state index contributed by atoms with van der Waals surface area (Å²) in [6.45, 7) is 1.96. The van der Waals surface area contributed by atoms with E-state index >= 15 is 0 Å². The van der Waals surface area contributed by atoms with Gasteiger partial charge in [0, 0.05) is 6.42 Å². The molecule has 2 nitrogen and oxygen atoms in total. The highest BCUT2D eigenvalue weighted by Crippen LogP contribution is 2.23. The Morgan fingerprint density at radius 2 is 1.90 bits per heavy atom. The molecule has 0 amide bonds. The van der Waals surface area contributed by atoms with Gasteiger partial charge in [-0.3, -0.25) is 0 Å². The van der Waals surface area contributed by atoms with Crippen LogP contribution in [0, 0.1) is 13.8 Å². The zero-order valence-electron chi connectivity index (χ0n) is 11.4. The summed E-state index contributed by atoms with van der Waals surface area (Å²) in [6, 6.07) is 5.69. The van der Waals surface area contributed by atoms with Gasteiger partial charge in [-0.2, -0.15) is 8.78 Å². The van der Waals surface area contributed by atoms with E-state index in [-0.39, 0.29) is 6.42 Å². The van der Waals surface area contributed by atoms with Gasteiger partial charge in [0.1, 0.15) is 6.61 Å². The highest BCUT2D eigenvalue weighted by Gasteiger charge is 2.41. The number of rotatable bonds is 7. The summed E-state index contributed by atoms with van der Waals surface area (Å²) >= 11 is 0. The monoisotopic (exact) mass is 294 g/mol. The molecule has 1 aromatic carbocycles. The Hall–Kier alpha value is -1.14. The Labute approximate surface area is 115 Å². The van der Waals surface area contributed by atoms with Gasteiger partial charge in [0.15, 0.2) is 0 Å². The van der Waals surface area contributed by atoms with E-state index in [9.17, 15) is 22.7 Å². The Balaban J connectivity index is 2.44. The van der Waals surface area contributed by atoms with Crippen LogP contribution in [0.3, 0.4) is 0 Å². The molecule has 0 bridgehead atoms. The molecule has 0 saturated heterocycles. The highest BCUT2D eigenvalue weighted by atomic mass is 19.3. The number of aliphatic hydroxyl groups is 1. The molecule has 0 aliphatic carbocycles. The number of benzene rings is 1. The van der Waals surface area contributed by atoms with E-state index in [1.807, 2.05) is 32.0 Å². The molecule has 1 N–H and O–H groups in total. The molecular formula is C14H18F4O2. The van der Waals surface area contributed by atoms with Crippen molar-refractivity contribution in [1.82, 2.24) is 0 Å². The molecule has 1 atom stereocenters. The van der Waals surface area contributed by atoms with Crippen LogP contribution in [0.25, 0.3) is 0 Å². The molecule has 0 spiro atoms. The molecule has 0 saturated carbocycles. The third kappa shape index (κ3) is 5.09. The van der Waals surface area contributed by atoms with Crippen molar-refractivity contribution >= 4 is 0 Å². The lowest BCUT2D eigenvalue weighted by atomic mass is 10.0. The fraction of sp³-hybridized carbons (Fsp3) is 0.571. The zero-order valence-corrected chi connectivity index (χ0v) is 11.4. The maximum absolute atomic E-state index is 12.6. The maximum Gasteiger partial charge on any atom is 0.330 e. The minimum atomic E-state index is -4.18. The summed E-state index contributed by atoms with van der Waals surface area (Å²) < 4.78 is 53.4. The normalized spacial score (nSPS) is 13.8. The Morgan fingerprint density at radius 3 is 2.50 bits per heavy atom. The number of aryl methyl sites for hydroxylation is 2. The fourth-order valence-electron chi connectivity index (χ4n) is 1.73. The molecule has 1 rings (SSSR count). The molecule has 1 aromatic rings. The van der Waals surface area contributed by atoms with Gasteiger partial charge >= 0.3 is 12.3 Å². The first-order valence-electron chi connectivity index (χ1n) is 6.20. The average molecular weight is 294 g/mol. The Morgan fingerprint density at radius 1 is 1.25 bits per heavy atom. The van der Waals surface area contributed by atoms with Crippen molar-refractivity contribution in [2.45, 2.75) is 38.7 Å². The fourth-order valence-corrected chi connectivity index (χ4v) is 1.73. The van der Waals surface area contributed by atoms with Gasteiger partial charge in [0.25, 0.3) is 0 Å². The lowest BCUT2D eigenvalue weighted by molar-refractivity contribution is -0.170. The summed E-state index contributed by atoms with van der Waals surface area (Å²) in [5.41, 5.74) is 2.86. The molecule has 6 heteroatoms. The van der Waals surface area contributed by atoms with Crippen molar-refractivity contribution in [2.75, 3.05) is 13.2 Å². The van der Waals surface area contributed by atoms with E-state index in [4.69, 9.17) is 0 Å². The van der Waals surface area contributed by atoms with Gasteiger partial charge in [-0.1, -0.05) is 23.8 Å². The second-order valence-electron chi connectivity index (χ2n) is 4.86. The van der Waals surface area contributed by atoms with Gasteiger partial charge in [0.2, 0.25) is 0 Å². The molecule has 0 radical (unpaired) electrons. The molecule has 0 aliphatic rings. The first kappa shape index (κ1) is 16.9. The summed E-state index contributed by atoms with van der Waals surface area (Å²) in [5, 5.41) is 9.70. The zero-order chi connectivity index (χ0) is 15.3. The Bertz CT molecular complexity index is 435. The van der Waals surface area contributed by atoms with Gasteiger partial charge < -0.3 is 9.84 Å². The number of aliphatic hydroxyl groups excluding tert-OH is 1. The quantitative estimate of drug-likeness (QED) is 0.783. The van der Waals surface area contributed by atoms with Crippen LogP contribution in [0.5, 0.6) is 0 Å². The molecule has 0 heterocycles. The van der Waals surface area contributed by atoms with Gasteiger partial charge in [0.05, 0.1) is 12.7 Å². The minimum absolute atomic E-state index is 0.230. The smallest absolute Gasteiger partial charge is 0.330 e. The highest BCUT2D eigenvalue weighted by molar-refractivity contribution is 5.30. The van der Waals surface area contributed by atoms with Crippen LogP contribution in [-0.2, 0) is 11.2 Å². The molecule has 0 aliphatic heterocycles. The molecule has 0 fully saturated rings. The first-order valence-corrected chi connectivity index (χ1v) is 6.20. The molecule has 20 heavy (non-hydrogen) atoms. The van der Waals surface area contributed by atoms with Crippen molar-refractivity contribution in [3.63, 3.8) is 0 Å². The van der Waals surface area contributed by atoms with Gasteiger partial charge in [-0.05, 0) is 25.0 Å². The van der Waals surface area contributed by atoms with Crippen LogP contribution in [0.15, 0.2) is 18.2 Å². The van der Waals surface area contributed by atoms with E-state index in [2.05, 4.69) is 4.74 Å². The SMILES string of the molecule is Cc1ccc(C)c(CC(O)COCC(F)(F)C(F)F)c1. The summed E-state index contributed by atoms with van der Waals surface area (Å²) in [6.07, 6.45) is -4.55. The number of ether oxygens (including phenoxy) is 1. The first-order chi connectivity index (χ1) is 9.22. The van der Waals surface area contributed by atoms with Crippen LogP contribution in [0.1, 0.15) is 16.7 Å². The minimum Gasteiger partial charge on any atom is -0.390 e. The van der Waals surface area contributed by atoms with Crippen molar-refractivity contribution in [2.24, 2.45) is 0 Å². The van der Waals surface area contributed by atoms with Crippen LogP contribution >= 0.6 is 0 Å². The molecular weight excluding hydrogens is 276 g/mol. The summed E-state index contributed by atoms with van der Waals surface area (Å²) in [5.74, 6) is -4.18. The number of hydrogen-bond donors (Lipinski definition) is 1. The second-order valence-corrected chi connectivity index (χ2v) is 4.86. The van der Waals surface area contributed by atoms with Crippen LogP contribution in [0.2, 0.25) is 0 Å². The van der Waals surface area contributed by atoms with Crippen molar-refractivity contribution in [3.05, 3.63) is 34.9 Å². The summed E-state index contributed by atoms with van der Waals surface area (Å²) in [7, 11) is 0. The van der Waals surface area contributed by atoms with Crippen molar-refractivity contribution in [3.8, 4) is 0 Å². The van der Waals surface area contributed by atoms with Crippen molar-refractivity contribution < 1.29 is 27.4 Å². The molecule has 1 unspecified atom stereocenters. The van der Waals surface area contributed by atoms with E-state index in [1.165, 1.54) is 0 Å². The predicted octanol–water partition coefficient (Wildman–Crippen LogP) is 3.12. The lowest BCUT2D eigenvalue weighted by Gasteiger charge is -2.17. The van der Waals surface area contributed by atoms with Gasteiger partial charge in [-0.25, -0.2) is 8.78 Å². The standard InChI is InChI=1S/C14H18F4O2/c1-9-3-4-10(2)11(5-9)6-12(19)7-20-8-14(17,18)13(15)16/h3-5,12-13,19H,6-8H2,1-2H3. The molecule has 0 aromatic heterocycles. The second kappa shape index (κ2) is 7.04. The maximum atomic E-state index is 12.6. The molecule has 114 valence electrons. The van der Waals surface area contributed by atoms with Crippen LogP contribution < -0.4 is 0 Å². The van der Waals surface area contributed by atoms with Crippen LogP contribution in [-0.4, -0.2) is 36.8 Å². The number of alkyl halides is 4. The van der Waals surface area contributed by atoms with E-state index < -0.39 is 31.7 Å². The average Bonchev–Trinajstić information content (AvgIpc) is 2.33. The largest absolute Gasteiger partial charge is 0.390 e. The number of hydrogen-bond acceptors (Lipinski definition) is 2. The topological polar surface area (TPSA) is 29.5 Å². The number of halogens is 4. The van der Waals surface area contributed by atoms with E-state index in [0.717, 1.165) is 16.7 Å². The third-order valence-electron chi connectivity index (χ3n) is 2.88. The van der Waals surface area contributed by atoms with Crippen LogP contribution in [0.4, 0.5) is 17.6 Å². The summed E-state index contributed by atoms with van der Waals surface area (Å²) in [4.78, 5) is 0. The van der Waals surface area contributed by atoms with Gasteiger partial charge in [-0.15, -0.1) is 0 Å². The Kier molecular flexibility index (Phi) is 5.95. The predicted molar refractivity (Wildman–Crippen MR) is 67.4 cm³/mol. The van der Waals surface area contributed by atoms with Crippen molar-refractivity contribution in [1.29, 1.82) is 0 Å². The van der Waals surface area contributed by atoms with E-state index in [1.54, 1.807) is 0 Å².